The molecular weight excluding hydrogens is 355 g/mol. The first-order valence-corrected chi connectivity index (χ1v) is 7.65. The summed E-state index contributed by atoms with van der Waals surface area (Å²) in [7, 11) is 1.44. The van der Waals surface area contributed by atoms with Crippen LogP contribution < -0.4 is 10.1 Å². The van der Waals surface area contributed by atoms with Crippen LogP contribution in [0, 0.1) is 5.92 Å². The van der Waals surface area contributed by atoms with Crippen LogP contribution in [0.4, 0.5) is 18.9 Å². The summed E-state index contributed by atoms with van der Waals surface area (Å²) in [4.78, 5) is 24.3. The molecule has 10 heteroatoms. The molecule has 2 N–H and O–H groups in total. The van der Waals surface area contributed by atoms with Gasteiger partial charge in [0.05, 0.1) is 7.11 Å². The Bertz CT molecular complexity index is 731. The van der Waals surface area contributed by atoms with E-state index in [0.29, 0.717) is 5.75 Å². The average Bonchev–Trinajstić information content (AvgIpc) is 2.94. The molecule has 1 heterocycles. The summed E-state index contributed by atoms with van der Waals surface area (Å²) in [6.07, 6.45) is -6.08. The van der Waals surface area contributed by atoms with Gasteiger partial charge in [-0.15, -0.1) is 0 Å². The number of hydrogen-bond donors (Lipinski definition) is 2. The summed E-state index contributed by atoms with van der Waals surface area (Å²) < 4.78 is 44.8. The van der Waals surface area contributed by atoms with Crippen LogP contribution in [0.15, 0.2) is 29.4 Å². The predicted octanol–water partition coefficient (Wildman–Crippen LogP) is 2.13. The van der Waals surface area contributed by atoms with E-state index < -0.39 is 36.1 Å². The fraction of sp³-hybridized carbons (Fsp3) is 0.438. The zero-order valence-corrected chi connectivity index (χ0v) is 14.3. The lowest BCUT2D eigenvalue weighted by molar-refractivity contribution is -0.301. The number of amides is 2. The Balaban J connectivity index is 2.24. The largest absolute Gasteiger partial charge is 0.497 e. The highest BCUT2D eigenvalue weighted by molar-refractivity contribution is 6.39. The van der Waals surface area contributed by atoms with Gasteiger partial charge >= 0.3 is 18.0 Å². The Hall–Kier alpha value is -2.62. The number of hydrogen-bond acceptors (Lipinski definition) is 5. The monoisotopic (exact) mass is 373 g/mol. The maximum absolute atomic E-state index is 13.3. The van der Waals surface area contributed by atoms with Gasteiger partial charge < -0.3 is 15.2 Å². The van der Waals surface area contributed by atoms with E-state index >= 15 is 0 Å². The van der Waals surface area contributed by atoms with Gasteiger partial charge in [0.2, 0.25) is 0 Å². The number of carbonyl (C=O) groups excluding carboxylic acids is 2. The summed E-state index contributed by atoms with van der Waals surface area (Å²) in [5.41, 5.74) is -3.41. The van der Waals surface area contributed by atoms with Crippen LogP contribution in [0.25, 0.3) is 0 Å². The molecular formula is C16H18F3N3O4. The van der Waals surface area contributed by atoms with Gasteiger partial charge in [-0.1, -0.05) is 13.8 Å². The van der Waals surface area contributed by atoms with Crippen molar-refractivity contribution in [2.24, 2.45) is 11.0 Å². The molecule has 2 rings (SSSR count). The molecule has 26 heavy (non-hydrogen) atoms. The molecule has 2 amide bonds. The highest BCUT2D eigenvalue weighted by Crippen LogP contribution is 2.41. The number of ether oxygens (including phenoxy) is 1. The molecule has 0 aromatic heterocycles. The Morgan fingerprint density at radius 3 is 2.35 bits per heavy atom. The second kappa shape index (κ2) is 6.94. The van der Waals surface area contributed by atoms with Crippen LogP contribution in [0.5, 0.6) is 5.75 Å². The summed E-state index contributed by atoms with van der Waals surface area (Å²) >= 11 is 0. The number of alkyl halides is 3. The van der Waals surface area contributed by atoms with E-state index in [-0.39, 0.29) is 16.4 Å². The lowest BCUT2D eigenvalue weighted by Crippen LogP contribution is -2.58. The van der Waals surface area contributed by atoms with Crippen molar-refractivity contribution in [3.8, 4) is 5.75 Å². The minimum atomic E-state index is -5.18. The number of hydrazone groups is 1. The van der Waals surface area contributed by atoms with Crippen LogP contribution in [0.3, 0.4) is 0 Å². The van der Waals surface area contributed by atoms with Crippen molar-refractivity contribution in [3.63, 3.8) is 0 Å². The molecule has 0 spiro atoms. The summed E-state index contributed by atoms with van der Waals surface area (Å²) in [5.74, 6) is -2.92. The van der Waals surface area contributed by atoms with Crippen molar-refractivity contribution in [1.29, 1.82) is 0 Å². The number of halogens is 3. The minimum absolute atomic E-state index is 0.0320. The normalized spacial score (nSPS) is 20.2. The molecule has 1 aromatic rings. The molecule has 1 aromatic carbocycles. The highest BCUT2D eigenvalue weighted by atomic mass is 19.4. The molecule has 1 aliphatic rings. The zero-order valence-electron chi connectivity index (χ0n) is 14.3. The molecule has 0 unspecified atom stereocenters. The van der Waals surface area contributed by atoms with Crippen molar-refractivity contribution < 1.29 is 32.6 Å². The maximum atomic E-state index is 13.3. The molecule has 0 bridgehead atoms. The standard InChI is InChI=1S/C16H18F3N3O4/c1-9(2)12-8-15(25,16(17,18)19)22(21-12)14(24)13(23)20-10-4-6-11(26-3)7-5-10/h4-7,9,25H,8H2,1-3H3,(H,20,23)/t15-/m0/s1. The lowest BCUT2D eigenvalue weighted by atomic mass is 9.99. The van der Waals surface area contributed by atoms with Gasteiger partial charge in [-0.05, 0) is 30.2 Å². The number of methoxy groups -OCH3 is 1. The Labute approximate surface area is 147 Å². The van der Waals surface area contributed by atoms with Crippen molar-refractivity contribution in [1.82, 2.24) is 5.01 Å². The number of aliphatic hydroxyl groups is 1. The second-order valence-electron chi connectivity index (χ2n) is 6.04. The lowest BCUT2D eigenvalue weighted by Gasteiger charge is -2.32. The third kappa shape index (κ3) is 3.64. The van der Waals surface area contributed by atoms with Crippen LogP contribution >= 0.6 is 0 Å². The van der Waals surface area contributed by atoms with E-state index in [1.807, 2.05) is 0 Å². The fourth-order valence-corrected chi connectivity index (χ4v) is 2.28. The quantitative estimate of drug-likeness (QED) is 0.794. The summed E-state index contributed by atoms with van der Waals surface area (Å²) in [5, 5.41) is 15.6. The number of rotatable bonds is 3. The first-order valence-electron chi connectivity index (χ1n) is 7.65. The van der Waals surface area contributed by atoms with Crippen molar-refractivity contribution in [2.45, 2.75) is 32.2 Å². The van der Waals surface area contributed by atoms with Crippen LogP contribution in [0.2, 0.25) is 0 Å². The van der Waals surface area contributed by atoms with Crippen LogP contribution in [0.1, 0.15) is 20.3 Å². The molecule has 0 fully saturated rings. The fourth-order valence-electron chi connectivity index (χ4n) is 2.28. The molecule has 142 valence electrons. The SMILES string of the molecule is COc1ccc(NC(=O)C(=O)N2N=C(C(C)C)C[C@]2(O)C(F)(F)F)cc1. The molecule has 0 aliphatic carbocycles. The van der Waals surface area contributed by atoms with Crippen molar-refractivity contribution in [3.05, 3.63) is 24.3 Å². The molecule has 0 saturated heterocycles. The van der Waals surface area contributed by atoms with Gasteiger partial charge in [0, 0.05) is 17.8 Å². The first kappa shape index (κ1) is 19.7. The minimum Gasteiger partial charge on any atom is -0.497 e. The highest BCUT2D eigenvalue weighted by Gasteiger charge is 2.64. The molecule has 0 radical (unpaired) electrons. The number of anilines is 1. The van der Waals surface area contributed by atoms with E-state index in [2.05, 4.69) is 10.4 Å². The van der Waals surface area contributed by atoms with Gasteiger partial charge in [0.1, 0.15) is 5.75 Å². The topological polar surface area (TPSA) is 91.2 Å². The molecule has 1 atom stereocenters. The van der Waals surface area contributed by atoms with E-state index in [1.54, 1.807) is 13.8 Å². The van der Waals surface area contributed by atoms with Gasteiger partial charge in [0.25, 0.3) is 5.72 Å². The van der Waals surface area contributed by atoms with Crippen molar-refractivity contribution in [2.75, 3.05) is 12.4 Å². The Kier molecular flexibility index (Phi) is 5.26. The van der Waals surface area contributed by atoms with E-state index in [9.17, 15) is 27.9 Å². The summed E-state index contributed by atoms with van der Waals surface area (Å²) in [6.45, 7) is 3.14. The number of benzene rings is 1. The van der Waals surface area contributed by atoms with Crippen molar-refractivity contribution >= 4 is 23.2 Å². The Morgan fingerprint density at radius 1 is 1.31 bits per heavy atom. The molecule has 7 nitrogen and oxygen atoms in total. The van der Waals surface area contributed by atoms with E-state index in [0.717, 1.165) is 0 Å². The maximum Gasteiger partial charge on any atom is 0.438 e. The van der Waals surface area contributed by atoms with Crippen LogP contribution in [-0.4, -0.2) is 46.7 Å². The Morgan fingerprint density at radius 2 is 1.88 bits per heavy atom. The van der Waals surface area contributed by atoms with E-state index in [4.69, 9.17) is 4.74 Å². The number of nitrogens with one attached hydrogen (secondary N) is 1. The van der Waals surface area contributed by atoms with Gasteiger partial charge in [-0.25, -0.2) is 0 Å². The predicted molar refractivity (Wildman–Crippen MR) is 86.4 cm³/mol. The summed E-state index contributed by atoms with van der Waals surface area (Å²) in [6, 6.07) is 5.81. The molecule has 0 saturated carbocycles. The zero-order chi connectivity index (χ0) is 19.7. The molecule has 1 aliphatic heterocycles. The third-order valence-corrected chi connectivity index (χ3v) is 3.86. The van der Waals surface area contributed by atoms with E-state index in [1.165, 1.54) is 31.4 Å². The smallest absolute Gasteiger partial charge is 0.438 e. The van der Waals surface area contributed by atoms with Crippen LogP contribution in [-0.2, 0) is 9.59 Å². The second-order valence-corrected chi connectivity index (χ2v) is 6.04. The number of nitrogens with zero attached hydrogens (tertiary/aromatic N) is 2. The van der Waals surface area contributed by atoms with Gasteiger partial charge in [-0.3, -0.25) is 9.59 Å². The number of carbonyl (C=O) groups is 2. The van der Waals surface area contributed by atoms with Gasteiger partial charge in [0.15, 0.2) is 0 Å². The average molecular weight is 373 g/mol. The first-order chi connectivity index (χ1) is 12.0. The third-order valence-electron chi connectivity index (χ3n) is 3.86. The van der Waals surface area contributed by atoms with Gasteiger partial charge in [-0.2, -0.15) is 23.3 Å².